The van der Waals surface area contributed by atoms with Crippen LogP contribution < -0.4 is 4.72 Å². The molecule has 1 aliphatic carbocycles. The molecular weight excluding hydrogens is 483 g/mol. The Balaban J connectivity index is 1.35. The molecule has 0 unspecified atom stereocenters. The first-order valence-corrected chi connectivity index (χ1v) is 12.9. The number of benzene rings is 2. The van der Waals surface area contributed by atoms with E-state index in [0.29, 0.717) is 25.7 Å². The lowest BCUT2D eigenvalue weighted by Gasteiger charge is -2.33. The van der Waals surface area contributed by atoms with E-state index in [4.69, 9.17) is 0 Å². The van der Waals surface area contributed by atoms with E-state index in [-0.39, 0.29) is 34.6 Å². The van der Waals surface area contributed by atoms with E-state index in [1.807, 2.05) is 4.90 Å². The third-order valence-corrected chi connectivity index (χ3v) is 8.38. The zero-order valence-corrected chi connectivity index (χ0v) is 19.5. The summed E-state index contributed by atoms with van der Waals surface area (Å²) >= 11 is 3.31. The van der Waals surface area contributed by atoms with Gasteiger partial charge in [-0.05, 0) is 80.5 Å². The molecule has 2 aromatic rings. The van der Waals surface area contributed by atoms with Crippen molar-refractivity contribution in [3.8, 4) is 0 Å². The van der Waals surface area contributed by atoms with Crippen LogP contribution in [0, 0.1) is 11.7 Å². The normalized spacial score (nSPS) is 24.3. The Morgan fingerprint density at radius 3 is 2.26 bits per heavy atom. The fraction of sp³-hybridized carbons (Fsp3) is 0.435. The summed E-state index contributed by atoms with van der Waals surface area (Å²) < 4.78 is 42.2. The highest BCUT2D eigenvalue weighted by Gasteiger charge is 2.36. The van der Waals surface area contributed by atoms with Crippen molar-refractivity contribution in [1.29, 1.82) is 0 Å². The maximum Gasteiger partial charge on any atom is 0.240 e. The molecule has 1 N–H and O–H groups in total. The molecule has 0 radical (unpaired) electrons. The lowest BCUT2D eigenvalue weighted by molar-refractivity contribution is -0.137. The van der Waals surface area contributed by atoms with Crippen LogP contribution in [0.5, 0.6) is 0 Å². The summed E-state index contributed by atoms with van der Waals surface area (Å²) in [5, 5.41) is 0. The van der Waals surface area contributed by atoms with Gasteiger partial charge in [-0.1, -0.05) is 28.1 Å². The molecule has 1 heterocycles. The molecule has 4 rings (SSSR count). The van der Waals surface area contributed by atoms with Gasteiger partial charge in [-0.2, -0.15) is 0 Å². The number of carbonyl (C=O) groups excluding carboxylic acids is 1. The van der Waals surface area contributed by atoms with Crippen LogP contribution in [0.2, 0.25) is 0 Å². The zero-order chi connectivity index (χ0) is 22.0. The highest BCUT2D eigenvalue weighted by molar-refractivity contribution is 9.10. The molecule has 31 heavy (non-hydrogen) atoms. The smallest absolute Gasteiger partial charge is 0.240 e. The monoisotopic (exact) mass is 508 g/mol. The molecule has 1 aliphatic heterocycles. The Morgan fingerprint density at radius 1 is 0.968 bits per heavy atom. The molecule has 0 aromatic heterocycles. The van der Waals surface area contributed by atoms with Crippen molar-refractivity contribution < 1.29 is 17.6 Å². The van der Waals surface area contributed by atoms with Crippen LogP contribution in [0.1, 0.15) is 50.1 Å². The molecule has 1 saturated heterocycles. The fourth-order valence-corrected chi connectivity index (χ4v) is 6.23. The second-order valence-corrected chi connectivity index (χ2v) is 11.0. The number of rotatable bonds is 5. The number of amides is 1. The summed E-state index contributed by atoms with van der Waals surface area (Å²) in [6.07, 6.45) is 4.44. The van der Waals surface area contributed by atoms with Crippen LogP contribution in [0.4, 0.5) is 4.39 Å². The number of halogens is 2. The topological polar surface area (TPSA) is 66.5 Å². The first kappa shape index (κ1) is 22.4. The summed E-state index contributed by atoms with van der Waals surface area (Å²) in [7, 11) is -3.58. The van der Waals surface area contributed by atoms with Crippen LogP contribution in [0.25, 0.3) is 0 Å². The molecule has 5 nitrogen and oxygen atoms in total. The van der Waals surface area contributed by atoms with Gasteiger partial charge in [0.05, 0.1) is 10.9 Å². The lowest BCUT2D eigenvalue weighted by Crippen LogP contribution is -2.42. The fourth-order valence-electron chi connectivity index (χ4n) is 4.66. The Hall–Kier alpha value is -1.77. The first-order valence-electron chi connectivity index (χ1n) is 10.7. The third-order valence-electron chi connectivity index (χ3n) is 6.31. The molecule has 2 aromatic carbocycles. The largest absolute Gasteiger partial charge is 0.335 e. The highest BCUT2D eigenvalue weighted by atomic mass is 79.9. The molecule has 8 heteroatoms. The number of nitrogens with zero attached hydrogens (tertiary/aromatic N) is 1. The van der Waals surface area contributed by atoms with E-state index in [0.717, 1.165) is 29.4 Å². The zero-order valence-electron chi connectivity index (χ0n) is 17.1. The minimum atomic E-state index is -3.58. The molecule has 166 valence electrons. The van der Waals surface area contributed by atoms with E-state index in [9.17, 15) is 17.6 Å². The predicted molar refractivity (Wildman–Crippen MR) is 120 cm³/mol. The average Bonchev–Trinajstić information content (AvgIpc) is 3.24. The van der Waals surface area contributed by atoms with Crippen molar-refractivity contribution in [2.75, 3.05) is 6.54 Å². The SMILES string of the molecule is O=C(C1CCC(NS(=O)(=O)c2ccc(Br)cc2)CC1)N1CCC[C@@H]1c1ccc(F)cc1. The van der Waals surface area contributed by atoms with Gasteiger partial charge in [-0.15, -0.1) is 0 Å². The number of hydrogen-bond donors (Lipinski definition) is 1. The number of carbonyl (C=O) groups is 1. The highest BCUT2D eigenvalue weighted by Crippen LogP contribution is 2.36. The van der Waals surface area contributed by atoms with Crippen molar-refractivity contribution in [3.63, 3.8) is 0 Å². The van der Waals surface area contributed by atoms with Gasteiger partial charge >= 0.3 is 0 Å². The molecule has 2 aliphatic rings. The molecule has 1 atom stereocenters. The van der Waals surface area contributed by atoms with E-state index in [1.54, 1.807) is 36.4 Å². The Morgan fingerprint density at radius 2 is 1.61 bits per heavy atom. The lowest BCUT2D eigenvalue weighted by atomic mass is 9.85. The van der Waals surface area contributed by atoms with E-state index < -0.39 is 10.0 Å². The van der Waals surface area contributed by atoms with Gasteiger partial charge in [0.2, 0.25) is 15.9 Å². The van der Waals surface area contributed by atoms with Gasteiger partial charge in [0.1, 0.15) is 5.82 Å². The van der Waals surface area contributed by atoms with Crippen molar-refractivity contribution in [3.05, 3.63) is 64.4 Å². The Labute approximate surface area is 191 Å². The van der Waals surface area contributed by atoms with Crippen LogP contribution in [0.15, 0.2) is 57.9 Å². The van der Waals surface area contributed by atoms with Gasteiger partial charge in [0, 0.05) is 23.0 Å². The molecular formula is C23H26BrFN2O3S. The maximum atomic E-state index is 13.3. The van der Waals surface area contributed by atoms with Crippen LogP contribution in [-0.2, 0) is 14.8 Å². The number of hydrogen-bond acceptors (Lipinski definition) is 3. The molecule has 1 amide bonds. The second kappa shape index (κ2) is 9.38. The van der Waals surface area contributed by atoms with Crippen LogP contribution >= 0.6 is 15.9 Å². The summed E-state index contributed by atoms with van der Waals surface area (Å²) in [4.78, 5) is 15.4. The summed E-state index contributed by atoms with van der Waals surface area (Å²) in [6.45, 7) is 0.719. The predicted octanol–water partition coefficient (Wildman–Crippen LogP) is 4.79. The molecule has 1 saturated carbocycles. The standard InChI is InChI=1S/C23H26BrFN2O3S/c24-18-7-13-21(14-8-18)31(29,30)26-20-11-5-17(6-12-20)23(28)27-15-1-2-22(27)16-3-9-19(25)10-4-16/h3-4,7-10,13-14,17,20,22,26H,1-2,5-6,11-12,15H2/t17?,20?,22-/m1/s1. The quantitative estimate of drug-likeness (QED) is 0.631. The van der Waals surface area contributed by atoms with Crippen molar-refractivity contribution >= 4 is 31.9 Å². The summed E-state index contributed by atoms with van der Waals surface area (Å²) in [5.41, 5.74) is 0.975. The third kappa shape index (κ3) is 5.18. The van der Waals surface area contributed by atoms with E-state index in [2.05, 4.69) is 20.7 Å². The maximum absolute atomic E-state index is 13.3. The van der Waals surface area contributed by atoms with Crippen molar-refractivity contribution in [2.45, 2.75) is 55.5 Å². The van der Waals surface area contributed by atoms with Gasteiger partial charge in [0.15, 0.2) is 0 Å². The molecule has 0 spiro atoms. The van der Waals surface area contributed by atoms with Crippen LogP contribution in [0.3, 0.4) is 0 Å². The molecule has 2 fully saturated rings. The number of sulfonamides is 1. The van der Waals surface area contributed by atoms with E-state index in [1.165, 1.54) is 12.1 Å². The van der Waals surface area contributed by atoms with Crippen molar-refractivity contribution in [2.24, 2.45) is 5.92 Å². The van der Waals surface area contributed by atoms with Gasteiger partial charge in [-0.25, -0.2) is 17.5 Å². The van der Waals surface area contributed by atoms with Gasteiger partial charge in [-0.3, -0.25) is 4.79 Å². The number of likely N-dealkylation sites (tertiary alicyclic amines) is 1. The summed E-state index contributed by atoms with van der Waals surface area (Å²) in [6, 6.07) is 12.8. The van der Waals surface area contributed by atoms with Crippen LogP contribution in [-0.4, -0.2) is 31.8 Å². The Bertz CT molecular complexity index is 1020. The van der Waals surface area contributed by atoms with Crippen molar-refractivity contribution in [1.82, 2.24) is 9.62 Å². The van der Waals surface area contributed by atoms with E-state index >= 15 is 0 Å². The first-order chi connectivity index (χ1) is 14.8. The Kier molecular flexibility index (Phi) is 6.79. The average molecular weight is 509 g/mol. The second-order valence-electron chi connectivity index (χ2n) is 8.36. The minimum absolute atomic E-state index is 0.00160. The van der Waals surface area contributed by atoms with Gasteiger partial charge < -0.3 is 4.90 Å². The number of nitrogens with one attached hydrogen (secondary N) is 1. The van der Waals surface area contributed by atoms with Gasteiger partial charge in [0.25, 0.3) is 0 Å². The minimum Gasteiger partial charge on any atom is -0.335 e. The summed E-state index contributed by atoms with van der Waals surface area (Å²) in [5.74, 6) is -0.223. The molecule has 0 bridgehead atoms.